The highest BCUT2D eigenvalue weighted by atomic mass is 14.5. The van der Waals surface area contributed by atoms with Crippen LogP contribution >= 0.6 is 0 Å². The van der Waals surface area contributed by atoms with Crippen molar-refractivity contribution in [2.75, 3.05) is 6.54 Å². The van der Waals surface area contributed by atoms with Gasteiger partial charge in [-0.05, 0) is 56.4 Å². The fourth-order valence-corrected chi connectivity index (χ4v) is 2.68. The molecule has 0 aromatic rings. The van der Waals surface area contributed by atoms with E-state index in [2.05, 4.69) is 0 Å². The van der Waals surface area contributed by atoms with Crippen LogP contribution in [0.5, 0.6) is 0 Å². The monoisotopic (exact) mass is 139 g/mol. The number of nitrogens with two attached hydrogens (primary N) is 1. The molecule has 10 heavy (non-hydrogen) atoms. The van der Waals surface area contributed by atoms with E-state index in [9.17, 15) is 0 Å². The first kappa shape index (κ1) is 6.66. The van der Waals surface area contributed by atoms with Gasteiger partial charge in [-0.25, -0.2) is 0 Å². The summed E-state index contributed by atoms with van der Waals surface area (Å²) in [5.41, 5.74) is 5.52. The van der Waals surface area contributed by atoms with Gasteiger partial charge in [0, 0.05) is 0 Å². The molecule has 1 heteroatoms. The predicted octanol–water partition coefficient (Wildman–Crippen LogP) is 1.77. The van der Waals surface area contributed by atoms with Gasteiger partial charge >= 0.3 is 0 Å². The largest absolute Gasteiger partial charge is 0.330 e. The number of hydrogen-bond acceptors (Lipinski definition) is 1. The summed E-state index contributed by atoms with van der Waals surface area (Å²) < 4.78 is 0. The molecule has 0 aliphatic heterocycles. The zero-order chi connectivity index (χ0) is 6.97. The molecular formula is C9H17N. The molecule has 2 fully saturated rings. The van der Waals surface area contributed by atoms with Crippen molar-refractivity contribution in [3.05, 3.63) is 0 Å². The predicted molar refractivity (Wildman–Crippen MR) is 42.6 cm³/mol. The molecule has 2 atom stereocenters. The maximum Gasteiger partial charge on any atom is -0.00746 e. The lowest BCUT2D eigenvalue weighted by Gasteiger charge is -2.29. The topological polar surface area (TPSA) is 26.0 Å². The van der Waals surface area contributed by atoms with Crippen LogP contribution in [0.25, 0.3) is 0 Å². The third kappa shape index (κ3) is 0.968. The molecule has 0 bridgehead atoms. The van der Waals surface area contributed by atoms with Crippen LogP contribution < -0.4 is 5.73 Å². The van der Waals surface area contributed by atoms with Gasteiger partial charge in [-0.3, -0.25) is 0 Å². The lowest BCUT2D eigenvalue weighted by molar-refractivity contribution is 0.219. The van der Waals surface area contributed by atoms with Crippen LogP contribution in [0.4, 0.5) is 0 Å². The summed E-state index contributed by atoms with van der Waals surface area (Å²) in [4.78, 5) is 0. The molecular weight excluding hydrogens is 122 g/mol. The van der Waals surface area contributed by atoms with E-state index in [1.165, 1.54) is 32.1 Å². The Bertz CT molecular complexity index is 110. The highest BCUT2D eigenvalue weighted by molar-refractivity contribution is 4.90. The Labute approximate surface area is 63.0 Å². The van der Waals surface area contributed by atoms with Crippen LogP contribution in [0.3, 0.4) is 0 Å². The molecule has 0 aromatic carbocycles. The van der Waals surface area contributed by atoms with Gasteiger partial charge < -0.3 is 5.73 Å². The van der Waals surface area contributed by atoms with Gasteiger partial charge in [0.25, 0.3) is 0 Å². The van der Waals surface area contributed by atoms with Gasteiger partial charge in [-0.1, -0.05) is 0 Å². The molecule has 0 heterocycles. The zero-order valence-corrected chi connectivity index (χ0v) is 6.55. The van der Waals surface area contributed by atoms with Crippen LogP contribution in [-0.2, 0) is 0 Å². The number of hydrogen-bond donors (Lipinski definition) is 1. The molecule has 2 rings (SSSR count). The summed E-state index contributed by atoms with van der Waals surface area (Å²) in [5, 5.41) is 0. The fraction of sp³-hybridized carbons (Fsp3) is 1.00. The van der Waals surface area contributed by atoms with Crippen molar-refractivity contribution in [2.24, 2.45) is 23.5 Å². The molecule has 2 aliphatic carbocycles. The zero-order valence-electron chi connectivity index (χ0n) is 6.55. The average molecular weight is 139 g/mol. The minimum absolute atomic E-state index is 0.907. The molecule has 2 N–H and O–H groups in total. The first-order valence-electron chi connectivity index (χ1n) is 4.60. The van der Waals surface area contributed by atoms with Gasteiger partial charge in [-0.2, -0.15) is 0 Å². The van der Waals surface area contributed by atoms with Crippen LogP contribution in [0.1, 0.15) is 32.1 Å². The highest BCUT2D eigenvalue weighted by Crippen LogP contribution is 2.50. The third-order valence-electron chi connectivity index (χ3n) is 3.42. The first-order valence-corrected chi connectivity index (χ1v) is 4.60. The van der Waals surface area contributed by atoms with Gasteiger partial charge in [0.2, 0.25) is 0 Å². The Morgan fingerprint density at radius 2 is 1.70 bits per heavy atom. The summed E-state index contributed by atoms with van der Waals surface area (Å²) in [6.07, 6.45) is 7.33. The molecule has 1 nitrogen and oxygen atoms in total. The standard InChI is InChI=1S/C9H17N/c10-4-3-7-5-8-1-2-9(8)6-7/h7-9H,1-6,10H2. The van der Waals surface area contributed by atoms with E-state index in [1.54, 1.807) is 0 Å². The van der Waals surface area contributed by atoms with E-state index in [4.69, 9.17) is 5.73 Å². The number of rotatable bonds is 2. The smallest absolute Gasteiger partial charge is 0.00746 e. The maximum absolute atomic E-state index is 5.52. The van der Waals surface area contributed by atoms with Crippen molar-refractivity contribution in [1.82, 2.24) is 0 Å². The molecule has 58 valence electrons. The van der Waals surface area contributed by atoms with Crippen LogP contribution in [0.2, 0.25) is 0 Å². The first-order chi connectivity index (χ1) is 4.90. The SMILES string of the molecule is NCCC1CC2CCC2C1. The minimum atomic E-state index is 0.907. The van der Waals surface area contributed by atoms with Crippen molar-refractivity contribution >= 4 is 0 Å². The van der Waals surface area contributed by atoms with Gasteiger partial charge in [0.05, 0.1) is 0 Å². The molecule has 2 unspecified atom stereocenters. The van der Waals surface area contributed by atoms with E-state index in [0.29, 0.717) is 0 Å². The molecule has 0 radical (unpaired) electrons. The summed E-state index contributed by atoms with van der Waals surface area (Å²) in [7, 11) is 0. The quantitative estimate of drug-likeness (QED) is 0.620. The highest BCUT2D eigenvalue weighted by Gasteiger charge is 2.39. The molecule has 0 saturated heterocycles. The van der Waals surface area contributed by atoms with Crippen molar-refractivity contribution in [3.8, 4) is 0 Å². The van der Waals surface area contributed by atoms with E-state index < -0.39 is 0 Å². The average Bonchev–Trinajstić information content (AvgIpc) is 2.14. The van der Waals surface area contributed by atoms with Gasteiger partial charge in [0.1, 0.15) is 0 Å². The van der Waals surface area contributed by atoms with Crippen LogP contribution in [0, 0.1) is 17.8 Å². The summed E-state index contributed by atoms with van der Waals surface area (Å²) >= 11 is 0. The van der Waals surface area contributed by atoms with Crippen molar-refractivity contribution in [2.45, 2.75) is 32.1 Å². The summed E-state index contributed by atoms with van der Waals surface area (Å²) in [5.74, 6) is 3.25. The second-order valence-corrected chi connectivity index (χ2v) is 4.01. The lowest BCUT2D eigenvalue weighted by Crippen LogP contribution is -2.18. The second kappa shape index (κ2) is 2.54. The Morgan fingerprint density at radius 3 is 2.10 bits per heavy atom. The van der Waals surface area contributed by atoms with Gasteiger partial charge in [0.15, 0.2) is 0 Å². The van der Waals surface area contributed by atoms with E-state index >= 15 is 0 Å². The molecule has 0 aromatic heterocycles. The molecule has 2 saturated carbocycles. The van der Waals surface area contributed by atoms with E-state index in [-0.39, 0.29) is 0 Å². The Balaban J connectivity index is 1.81. The summed E-state index contributed by atoms with van der Waals surface area (Å²) in [6, 6.07) is 0. The summed E-state index contributed by atoms with van der Waals surface area (Å²) in [6.45, 7) is 0.907. The Hall–Kier alpha value is -0.0400. The lowest BCUT2D eigenvalue weighted by atomic mass is 9.77. The number of fused-ring (bicyclic) bond motifs is 1. The normalized spacial score (nSPS) is 44.7. The van der Waals surface area contributed by atoms with Crippen LogP contribution in [0.15, 0.2) is 0 Å². The van der Waals surface area contributed by atoms with Crippen molar-refractivity contribution in [3.63, 3.8) is 0 Å². The maximum atomic E-state index is 5.52. The van der Waals surface area contributed by atoms with Crippen molar-refractivity contribution < 1.29 is 0 Å². The second-order valence-electron chi connectivity index (χ2n) is 4.01. The molecule has 2 aliphatic rings. The van der Waals surface area contributed by atoms with Gasteiger partial charge in [-0.15, -0.1) is 0 Å². The minimum Gasteiger partial charge on any atom is -0.330 e. The van der Waals surface area contributed by atoms with Crippen LogP contribution in [-0.4, -0.2) is 6.54 Å². The Kier molecular flexibility index (Phi) is 1.69. The molecule has 0 amide bonds. The Morgan fingerprint density at radius 1 is 1.10 bits per heavy atom. The van der Waals surface area contributed by atoms with E-state index in [0.717, 1.165) is 24.3 Å². The van der Waals surface area contributed by atoms with E-state index in [1.807, 2.05) is 0 Å². The van der Waals surface area contributed by atoms with Crippen molar-refractivity contribution in [1.29, 1.82) is 0 Å². The molecule has 0 spiro atoms. The third-order valence-corrected chi connectivity index (χ3v) is 3.42. The fourth-order valence-electron chi connectivity index (χ4n) is 2.68.